The Bertz CT molecular complexity index is 680. The van der Waals surface area contributed by atoms with Gasteiger partial charge in [0, 0.05) is 15.9 Å². The van der Waals surface area contributed by atoms with Crippen LogP contribution in [0.2, 0.25) is 0 Å². The largest absolute Gasteiger partial charge is 0.389 e. The Morgan fingerprint density at radius 2 is 1.90 bits per heavy atom. The maximum Gasteiger partial charge on any atom is 0.140 e. The fourth-order valence-corrected chi connectivity index (χ4v) is 2.79. The van der Waals surface area contributed by atoms with E-state index in [4.69, 9.17) is 5.26 Å². The number of benzene rings is 2. The van der Waals surface area contributed by atoms with E-state index in [1.165, 1.54) is 12.1 Å². The van der Waals surface area contributed by atoms with Gasteiger partial charge in [-0.3, -0.25) is 0 Å². The average Bonchev–Trinajstić information content (AvgIpc) is 2.41. The van der Waals surface area contributed by atoms with Gasteiger partial charge in [-0.2, -0.15) is 5.26 Å². The second kappa shape index (κ2) is 6.04. The molecule has 102 valence electrons. The monoisotopic (exact) mass is 291 g/mol. The van der Waals surface area contributed by atoms with Crippen molar-refractivity contribution in [2.45, 2.75) is 22.8 Å². The fourth-order valence-electron chi connectivity index (χ4n) is 1.71. The molecule has 0 fully saturated rings. The molecule has 0 saturated carbocycles. The van der Waals surface area contributed by atoms with E-state index in [9.17, 15) is 13.9 Å². The lowest BCUT2D eigenvalue weighted by atomic mass is 10.1. The van der Waals surface area contributed by atoms with Crippen molar-refractivity contribution in [2.75, 3.05) is 0 Å². The van der Waals surface area contributed by atoms with Crippen LogP contribution in [-0.2, 0) is 0 Å². The van der Waals surface area contributed by atoms with Gasteiger partial charge in [0.25, 0.3) is 0 Å². The van der Waals surface area contributed by atoms with E-state index in [1.54, 1.807) is 25.1 Å². The Hall–Kier alpha value is -1.90. The lowest BCUT2D eigenvalue weighted by Crippen LogP contribution is -1.95. The molecule has 0 spiro atoms. The van der Waals surface area contributed by atoms with Gasteiger partial charge in [0.1, 0.15) is 11.6 Å². The molecule has 2 aromatic rings. The van der Waals surface area contributed by atoms with Gasteiger partial charge in [0.2, 0.25) is 0 Å². The molecule has 0 aliphatic rings. The van der Waals surface area contributed by atoms with Gasteiger partial charge in [0.15, 0.2) is 0 Å². The Kier molecular flexibility index (Phi) is 4.38. The molecule has 0 aliphatic carbocycles. The maximum absolute atomic E-state index is 13.7. The number of aliphatic hydroxyl groups excluding tert-OH is 1. The summed E-state index contributed by atoms with van der Waals surface area (Å²) < 4.78 is 26.5. The van der Waals surface area contributed by atoms with Gasteiger partial charge in [-0.15, -0.1) is 0 Å². The van der Waals surface area contributed by atoms with Crippen molar-refractivity contribution in [3.8, 4) is 6.07 Å². The lowest BCUT2D eigenvalue weighted by molar-refractivity contribution is 0.196. The minimum absolute atomic E-state index is 0.239. The number of halogens is 2. The predicted molar refractivity (Wildman–Crippen MR) is 72.3 cm³/mol. The molecule has 1 N–H and O–H groups in total. The molecule has 0 amide bonds. The molecule has 2 rings (SSSR count). The van der Waals surface area contributed by atoms with E-state index in [0.29, 0.717) is 16.0 Å². The molecular weight excluding hydrogens is 280 g/mol. The highest BCUT2D eigenvalue weighted by atomic mass is 32.2. The van der Waals surface area contributed by atoms with Crippen molar-refractivity contribution in [3.63, 3.8) is 0 Å². The van der Waals surface area contributed by atoms with E-state index in [2.05, 4.69) is 0 Å². The summed E-state index contributed by atoms with van der Waals surface area (Å²) >= 11 is 1.05. The Balaban J connectivity index is 2.43. The van der Waals surface area contributed by atoms with Crippen LogP contribution in [0.1, 0.15) is 24.2 Å². The summed E-state index contributed by atoms with van der Waals surface area (Å²) in [6, 6.07) is 10.1. The molecule has 5 heteroatoms. The van der Waals surface area contributed by atoms with Crippen molar-refractivity contribution in [1.29, 1.82) is 5.26 Å². The molecule has 0 radical (unpaired) electrons. The number of hydrogen-bond acceptors (Lipinski definition) is 3. The van der Waals surface area contributed by atoms with Crippen LogP contribution in [-0.4, -0.2) is 5.11 Å². The summed E-state index contributed by atoms with van der Waals surface area (Å²) in [5.41, 5.74) is 1.01. The van der Waals surface area contributed by atoms with Crippen LogP contribution >= 0.6 is 11.8 Å². The first-order valence-corrected chi connectivity index (χ1v) is 6.68. The number of aliphatic hydroxyl groups is 1. The second-order valence-corrected chi connectivity index (χ2v) is 5.30. The Labute approximate surface area is 119 Å². The maximum atomic E-state index is 13.7. The molecule has 0 bridgehead atoms. The summed E-state index contributed by atoms with van der Waals surface area (Å²) in [6.07, 6.45) is -0.742. The number of rotatable bonds is 3. The highest BCUT2D eigenvalue weighted by Crippen LogP contribution is 2.35. The SMILES string of the molecule is CC(O)c1ccc(C#N)cc1Sc1ccc(F)cc1F. The molecule has 2 nitrogen and oxygen atoms in total. The Morgan fingerprint density at radius 1 is 1.15 bits per heavy atom. The minimum atomic E-state index is -0.742. The van der Waals surface area contributed by atoms with Crippen molar-refractivity contribution in [2.24, 2.45) is 0 Å². The van der Waals surface area contributed by atoms with Crippen LogP contribution in [0.3, 0.4) is 0 Å². The van der Waals surface area contributed by atoms with Gasteiger partial charge < -0.3 is 5.11 Å². The zero-order chi connectivity index (χ0) is 14.7. The van der Waals surface area contributed by atoms with E-state index >= 15 is 0 Å². The summed E-state index contributed by atoms with van der Waals surface area (Å²) in [6.45, 7) is 1.59. The van der Waals surface area contributed by atoms with Gasteiger partial charge in [0.05, 0.1) is 17.7 Å². The Morgan fingerprint density at radius 3 is 2.50 bits per heavy atom. The van der Waals surface area contributed by atoms with Crippen LogP contribution in [0.15, 0.2) is 46.2 Å². The summed E-state index contributed by atoms with van der Waals surface area (Å²) in [5, 5.41) is 18.6. The first-order valence-electron chi connectivity index (χ1n) is 5.86. The van der Waals surface area contributed by atoms with E-state index in [1.807, 2.05) is 6.07 Å². The summed E-state index contributed by atoms with van der Waals surface area (Å²) in [4.78, 5) is 0.813. The van der Waals surface area contributed by atoms with Gasteiger partial charge >= 0.3 is 0 Å². The quantitative estimate of drug-likeness (QED) is 0.928. The van der Waals surface area contributed by atoms with Crippen LogP contribution < -0.4 is 0 Å². The van der Waals surface area contributed by atoms with Gasteiger partial charge in [-0.25, -0.2) is 8.78 Å². The topological polar surface area (TPSA) is 44.0 Å². The molecule has 20 heavy (non-hydrogen) atoms. The normalized spacial score (nSPS) is 11.9. The van der Waals surface area contributed by atoms with E-state index in [0.717, 1.165) is 17.8 Å². The minimum Gasteiger partial charge on any atom is -0.389 e. The second-order valence-electron chi connectivity index (χ2n) is 4.22. The highest BCUT2D eigenvalue weighted by molar-refractivity contribution is 7.99. The van der Waals surface area contributed by atoms with Gasteiger partial charge in [-0.1, -0.05) is 17.8 Å². The van der Waals surface area contributed by atoms with Crippen LogP contribution in [0.25, 0.3) is 0 Å². The molecule has 1 unspecified atom stereocenters. The predicted octanol–water partition coefficient (Wildman–Crippen LogP) is 4.04. The van der Waals surface area contributed by atoms with Crippen LogP contribution in [0.5, 0.6) is 0 Å². The van der Waals surface area contributed by atoms with Gasteiger partial charge in [-0.05, 0) is 36.8 Å². The number of nitrogens with zero attached hydrogens (tertiary/aromatic N) is 1. The number of hydrogen-bond donors (Lipinski definition) is 1. The lowest BCUT2D eigenvalue weighted by Gasteiger charge is -2.12. The molecule has 1 atom stereocenters. The summed E-state index contributed by atoms with van der Waals surface area (Å²) in [5.74, 6) is -1.32. The van der Waals surface area contributed by atoms with Crippen LogP contribution in [0.4, 0.5) is 8.78 Å². The average molecular weight is 291 g/mol. The third-order valence-electron chi connectivity index (χ3n) is 2.71. The van der Waals surface area contributed by atoms with E-state index in [-0.39, 0.29) is 4.90 Å². The third kappa shape index (κ3) is 3.16. The van der Waals surface area contributed by atoms with Crippen LogP contribution in [0, 0.1) is 23.0 Å². The molecule has 0 aromatic heterocycles. The van der Waals surface area contributed by atoms with Crippen molar-refractivity contribution in [3.05, 3.63) is 59.2 Å². The molecule has 0 saturated heterocycles. The molecule has 0 heterocycles. The molecular formula is C15H11F2NOS. The van der Waals surface area contributed by atoms with Crippen molar-refractivity contribution >= 4 is 11.8 Å². The van der Waals surface area contributed by atoms with Crippen molar-refractivity contribution in [1.82, 2.24) is 0 Å². The third-order valence-corrected chi connectivity index (χ3v) is 3.83. The zero-order valence-corrected chi connectivity index (χ0v) is 11.4. The van der Waals surface area contributed by atoms with Crippen molar-refractivity contribution < 1.29 is 13.9 Å². The zero-order valence-electron chi connectivity index (χ0n) is 10.6. The molecule has 2 aromatic carbocycles. The fraction of sp³-hybridized carbons (Fsp3) is 0.133. The smallest absolute Gasteiger partial charge is 0.140 e. The first-order chi connectivity index (χ1) is 9.51. The van der Waals surface area contributed by atoms with E-state index < -0.39 is 17.7 Å². The summed E-state index contributed by atoms with van der Waals surface area (Å²) in [7, 11) is 0. The highest BCUT2D eigenvalue weighted by Gasteiger charge is 2.13. The number of nitriles is 1. The molecule has 0 aliphatic heterocycles. The standard InChI is InChI=1S/C15H11F2NOS/c1-9(19)12-4-2-10(8-18)6-15(12)20-14-5-3-11(16)7-13(14)17/h2-7,9,19H,1H3. The first kappa shape index (κ1) is 14.5.